The van der Waals surface area contributed by atoms with E-state index in [4.69, 9.17) is 14.2 Å². The molecule has 6 atom stereocenters. The lowest BCUT2D eigenvalue weighted by Gasteiger charge is -2.27. The number of methoxy groups -OCH3 is 1. The van der Waals surface area contributed by atoms with Crippen molar-refractivity contribution in [2.45, 2.75) is 102 Å². The molecular weight excluding hydrogens is 939 g/mol. The van der Waals surface area contributed by atoms with Crippen LogP contribution in [0.15, 0.2) is 115 Å². The summed E-state index contributed by atoms with van der Waals surface area (Å²) < 4.78 is 16.1. The lowest BCUT2D eigenvalue weighted by Crippen LogP contribution is -2.61. The standard InChI is InChI=1S/C54H67N7O12/c1-5-6-25-73-54(70)61-47(33-72-32-37-17-11-8-12-18-37)52(68)58-44(29-38-30-55-41-20-14-13-19-40(38)41)50(66)60-46(31-62)51(67)57-43(28-36-21-23-39(63)24-22-36)48(64)56-42(27-35-15-9-7-10-16-35)49(65)59-45(26-34(2)3)53(69)71-4/h7-24,30,34,42-47,55,62-63H,5-6,25-29,31-33H2,1-4H3,(H,56,64)(H,57,67)(H,58,68)(H,59,65)(H,60,66)(H,61,70)/t42-,43+,44+,45+,46+,47+/m1/s1. The number of aliphatic hydroxyl groups is 1. The number of amides is 6. The van der Waals surface area contributed by atoms with E-state index in [2.05, 4.69) is 36.9 Å². The summed E-state index contributed by atoms with van der Waals surface area (Å²) in [5, 5.41) is 37.3. The average molecular weight is 1010 g/mol. The molecule has 0 aliphatic rings. The van der Waals surface area contributed by atoms with Crippen LogP contribution in [0, 0.1) is 5.92 Å². The third-order valence-electron chi connectivity index (χ3n) is 11.7. The zero-order valence-corrected chi connectivity index (χ0v) is 41.6. The highest BCUT2D eigenvalue weighted by atomic mass is 16.5. The molecule has 0 radical (unpaired) electrons. The summed E-state index contributed by atoms with van der Waals surface area (Å²) in [6.07, 6.45) is 2.09. The van der Waals surface area contributed by atoms with Crippen molar-refractivity contribution >= 4 is 52.5 Å². The molecule has 0 saturated carbocycles. The van der Waals surface area contributed by atoms with Crippen LogP contribution in [0.3, 0.4) is 0 Å². The summed E-state index contributed by atoms with van der Waals surface area (Å²) in [6, 6.07) is 22.9. The number of aromatic hydroxyl groups is 1. The Kier molecular flexibility index (Phi) is 22.2. The number of rotatable bonds is 28. The zero-order valence-electron chi connectivity index (χ0n) is 41.6. The lowest BCUT2D eigenvalue weighted by molar-refractivity contribution is -0.146. The van der Waals surface area contributed by atoms with Crippen molar-refractivity contribution in [3.63, 3.8) is 0 Å². The van der Waals surface area contributed by atoms with E-state index in [0.29, 0.717) is 23.1 Å². The summed E-state index contributed by atoms with van der Waals surface area (Å²) in [6.45, 7) is 4.62. The third-order valence-corrected chi connectivity index (χ3v) is 11.7. The topological polar surface area (TPSA) is 276 Å². The van der Waals surface area contributed by atoms with E-state index in [9.17, 15) is 43.8 Å². The van der Waals surface area contributed by atoms with Crippen LogP contribution in [0.1, 0.15) is 62.3 Å². The first-order valence-electron chi connectivity index (χ1n) is 24.3. The van der Waals surface area contributed by atoms with Gasteiger partial charge in [0.25, 0.3) is 0 Å². The molecule has 0 aliphatic heterocycles. The van der Waals surface area contributed by atoms with Crippen LogP contribution in [0.5, 0.6) is 5.75 Å². The van der Waals surface area contributed by atoms with Gasteiger partial charge in [0.1, 0.15) is 42.0 Å². The number of fused-ring (bicyclic) bond motifs is 1. The molecule has 9 N–H and O–H groups in total. The van der Waals surface area contributed by atoms with E-state index in [1.54, 1.807) is 42.6 Å². The van der Waals surface area contributed by atoms with Gasteiger partial charge in [-0.1, -0.05) is 118 Å². The molecule has 390 valence electrons. The van der Waals surface area contributed by atoms with Gasteiger partial charge in [0.05, 0.1) is 33.5 Å². The number of H-pyrrole nitrogens is 1. The first kappa shape index (κ1) is 56.1. The van der Waals surface area contributed by atoms with E-state index in [1.165, 1.54) is 31.4 Å². The lowest BCUT2D eigenvalue weighted by atomic mass is 10.0. The van der Waals surface area contributed by atoms with Gasteiger partial charge in [0.15, 0.2) is 0 Å². The second-order valence-corrected chi connectivity index (χ2v) is 18.0. The largest absolute Gasteiger partial charge is 0.508 e. The normalized spacial score (nSPS) is 13.6. The third kappa shape index (κ3) is 18.1. The minimum atomic E-state index is -1.69. The number of phenolic OH excluding ortho intramolecular Hbond substituents is 1. The van der Waals surface area contributed by atoms with Gasteiger partial charge >= 0.3 is 12.1 Å². The Labute approximate surface area is 424 Å². The summed E-state index contributed by atoms with van der Waals surface area (Å²) in [5.41, 5.74) is 3.34. The molecule has 19 nitrogen and oxygen atoms in total. The van der Waals surface area contributed by atoms with E-state index in [0.717, 1.165) is 22.9 Å². The number of carbonyl (C=O) groups is 7. The maximum absolute atomic E-state index is 14.4. The second-order valence-electron chi connectivity index (χ2n) is 18.0. The summed E-state index contributed by atoms with van der Waals surface area (Å²) in [4.78, 5) is 100. The Morgan fingerprint density at radius 1 is 0.589 bits per heavy atom. The molecule has 1 heterocycles. The molecule has 0 saturated heterocycles. The van der Waals surface area contributed by atoms with Crippen LogP contribution < -0.4 is 31.9 Å². The second kappa shape index (κ2) is 28.9. The van der Waals surface area contributed by atoms with Crippen LogP contribution in [0.2, 0.25) is 0 Å². The first-order valence-corrected chi connectivity index (χ1v) is 24.3. The van der Waals surface area contributed by atoms with Crippen molar-refractivity contribution < 1.29 is 58.0 Å². The number of phenols is 1. The van der Waals surface area contributed by atoms with Gasteiger partial charge in [-0.3, -0.25) is 24.0 Å². The Balaban J connectivity index is 1.40. The summed E-state index contributed by atoms with van der Waals surface area (Å²) >= 11 is 0. The summed E-state index contributed by atoms with van der Waals surface area (Å²) in [7, 11) is 1.21. The SMILES string of the molecule is CCCCOC(=O)N[C@@H](COCc1ccccc1)C(=O)N[C@@H](Cc1c[nH]c2ccccc12)C(=O)N[C@@H](CO)C(=O)N[C@@H](Cc1ccc(O)cc1)C(=O)N[C@H](Cc1ccccc1)C(=O)N[C@@H](CC(C)C)C(=O)OC. The maximum Gasteiger partial charge on any atom is 0.407 e. The predicted octanol–water partition coefficient (Wildman–Crippen LogP) is 3.65. The number of nitrogens with one attached hydrogen (secondary N) is 7. The molecule has 0 fully saturated rings. The highest BCUT2D eigenvalue weighted by Crippen LogP contribution is 2.20. The minimum Gasteiger partial charge on any atom is -0.508 e. The molecular formula is C54H67N7O12. The molecule has 5 rings (SSSR count). The van der Waals surface area contributed by atoms with Gasteiger partial charge in [0.2, 0.25) is 29.5 Å². The fourth-order valence-electron chi connectivity index (χ4n) is 7.79. The van der Waals surface area contributed by atoms with Crippen molar-refractivity contribution in [3.8, 4) is 5.75 Å². The number of aliphatic hydroxyl groups excluding tert-OH is 1. The molecule has 0 aliphatic carbocycles. The number of esters is 1. The highest BCUT2D eigenvalue weighted by Gasteiger charge is 2.34. The predicted molar refractivity (Wildman–Crippen MR) is 271 cm³/mol. The van der Waals surface area contributed by atoms with Crippen molar-refractivity contribution in [2.24, 2.45) is 5.92 Å². The van der Waals surface area contributed by atoms with Crippen molar-refractivity contribution in [1.29, 1.82) is 0 Å². The smallest absolute Gasteiger partial charge is 0.407 e. The molecule has 19 heteroatoms. The monoisotopic (exact) mass is 1010 g/mol. The van der Waals surface area contributed by atoms with E-state index >= 15 is 0 Å². The number of hydrogen-bond donors (Lipinski definition) is 9. The molecule has 0 bridgehead atoms. The highest BCUT2D eigenvalue weighted by molar-refractivity contribution is 5.97. The van der Waals surface area contributed by atoms with Crippen LogP contribution >= 0.6 is 0 Å². The van der Waals surface area contributed by atoms with Crippen LogP contribution in [0.25, 0.3) is 10.9 Å². The van der Waals surface area contributed by atoms with Gasteiger partial charge < -0.3 is 61.3 Å². The van der Waals surface area contributed by atoms with Crippen LogP contribution in [0.4, 0.5) is 4.79 Å². The Hall–Kier alpha value is -7.77. The number of aromatic amines is 1. The molecule has 1 aromatic heterocycles. The number of ether oxygens (including phenoxy) is 3. The minimum absolute atomic E-state index is 0.0116. The number of para-hydroxylation sites is 1. The summed E-state index contributed by atoms with van der Waals surface area (Å²) in [5.74, 6) is -4.97. The van der Waals surface area contributed by atoms with Crippen molar-refractivity contribution in [1.82, 2.24) is 36.9 Å². The number of hydrogen-bond acceptors (Lipinski definition) is 12. The van der Waals surface area contributed by atoms with Crippen molar-refractivity contribution in [3.05, 3.63) is 138 Å². The Bertz CT molecular complexity index is 2580. The Morgan fingerprint density at radius 2 is 1.10 bits per heavy atom. The number of benzene rings is 4. The number of unbranched alkanes of at least 4 members (excludes halogenated alkanes) is 1. The molecule has 0 unspecified atom stereocenters. The van der Waals surface area contributed by atoms with Crippen LogP contribution in [-0.4, -0.2) is 120 Å². The van der Waals surface area contributed by atoms with Gasteiger partial charge in [-0.05, 0) is 59.2 Å². The van der Waals surface area contributed by atoms with E-state index in [-0.39, 0.29) is 57.2 Å². The fraction of sp³-hybridized carbons (Fsp3) is 0.389. The average Bonchev–Trinajstić information content (AvgIpc) is 3.79. The fourth-order valence-corrected chi connectivity index (χ4v) is 7.79. The van der Waals surface area contributed by atoms with Gasteiger partial charge in [-0.25, -0.2) is 9.59 Å². The van der Waals surface area contributed by atoms with Crippen molar-refractivity contribution in [2.75, 3.05) is 26.9 Å². The van der Waals surface area contributed by atoms with E-state index in [1.807, 2.05) is 69.3 Å². The van der Waals surface area contributed by atoms with E-state index < -0.39 is 84.5 Å². The zero-order chi connectivity index (χ0) is 52.7. The van der Waals surface area contributed by atoms with Gasteiger partial charge in [-0.2, -0.15) is 0 Å². The van der Waals surface area contributed by atoms with Gasteiger partial charge in [0, 0.05) is 36.4 Å². The number of carbonyl (C=O) groups excluding carboxylic acids is 7. The first-order chi connectivity index (χ1) is 35.2. The quantitative estimate of drug-likeness (QED) is 0.0257. The molecule has 6 amide bonds. The van der Waals surface area contributed by atoms with Gasteiger partial charge in [-0.15, -0.1) is 0 Å². The molecule has 5 aromatic rings. The number of alkyl carbamates (subject to hydrolysis) is 1. The maximum atomic E-state index is 14.4. The Morgan fingerprint density at radius 3 is 1.67 bits per heavy atom. The molecule has 73 heavy (non-hydrogen) atoms. The molecule has 4 aromatic carbocycles. The number of aromatic nitrogens is 1. The molecule has 0 spiro atoms. The van der Waals surface area contributed by atoms with Crippen LogP contribution in [-0.2, 0) is 68.8 Å².